The van der Waals surface area contributed by atoms with Gasteiger partial charge in [-0.3, -0.25) is 0 Å². The Morgan fingerprint density at radius 2 is 1.57 bits per heavy atom. The first-order chi connectivity index (χ1) is 9.94. The summed E-state index contributed by atoms with van der Waals surface area (Å²) in [5.41, 5.74) is 0.552. The molecule has 0 bridgehead atoms. The van der Waals surface area contributed by atoms with E-state index in [1.165, 1.54) is 57.8 Å². The molecule has 2 saturated carbocycles. The van der Waals surface area contributed by atoms with E-state index >= 15 is 0 Å². The second kappa shape index (κ2) is 7.49. The van der Waals surface area contributed by atoms with E-state index in [4.69, 9.17) is 0 Å². The third-order valence-corrected chi connectivity index (χ3v) is 6.87. The average Bonchev–Trinajstić information content (AvgIpc) is 2.48. The minimum absolute atomic E-state index is 0.552. The molecular weight excluding hydrogens is 254 g/mol. The maximum atomic E-state index is 4.08. The van der Waals surface area contributed by atoms with Gasteiger partial charge in [0.15, 0.2) is 0 Å². The molecule has 0 amide bonds. The Hall–Kier alpha value is -0.0400. The minimum atomic E-state index is 0.552. The lowest BCUT2D eigenvalue weighted by Crippen LogP contribution is -2.47. The quantitative estimate of drug-likeness (QED) is 0.677. The van der Waals surface area contributed by atoms with E-state index in [2.05, 4.69) is 39.9 Å². The van der Waals surface area contributed by atoms with Crippen LogP contribution >= 0.6 is 0 Å². The van der Waals surface area contributed by atoms with Crippen LogP contribution in [0.4, 0.5) is 0 Å². The summed E-state index contributed by atoms with van der Waals surface area (Å²) in [6.07, 6.45) is 12.8. The van der Waals surface area contributed by atoms with Gasteiger partial charge in [0.2, 0.25) is 0 Å². The van der Waals surface area contributed by atoms with Crippen molar-refractivity contribution in [3.63, 3.8) is 0 Å². The summed E-state index contributed by atoms with van der Waals surface area (Å²) < 4.78 is 0. The molecular formula is C20H39N. The van der Waals surface area contributed by atoms with Crippen LogP contribution in [0.25, 0.3) is 0 Å². The van der Waals surface area contributed by atoms with Crippen LogP contribution in [0, 0.1) is 23.2 Å². The largest absolute Gasteiger partial charge is 0.311 e. The Balaban J connectivity index is 1.82. The Kier molecular flexibility index (Phi) is 6.17. The Bertz CT molecular complexity index is 299. The van der Waals surface area contributed by atoms with Gasteiger partial charge in [0.05, 0.1) is 0 Å². The van der Waals surface area contributed by atoms with E-state index in [1.54, 1.807) is 0 Å². The van der Waals surface area contributed by atoms with E-state index in [9.17, 15) is 0 Å². The van der Waals surface area contributed by atoms with Gasteiger partial charge in [-0.2, -0.15) is 0 Å². The topological polar surface area (TPSA) is 12.0 Å². The van der Waals surface area contributed by atoms with Crippen molar-refractivity contribution in [3.8, 4) is 0 Å². The van der Waals surface area contributed by atoms with Crippen molar-refractivity contribution in [1.82, 2.24) is 5.32 Å². The second-order valence-electron chi connectivity index (χ2n) is 8.86. The molecule has 21 heavy (non-hydrogen) atoms. The van der Waals surface area contributed by atoms with Crippen molar-refractivity contribution < 1.29 is 0 Å². The van der Waals surface area contributed by atoms with Crippen molar-refractivity contribution in [2.24, 2.45) is 23.2 Å². The lowest BCUT2D eigenvalue weighted by Gasteiger charge is -2.42. The van der Waals surface area contributed by atoms with E-state index in [-0.39, 0.29) is 0 Å². The second-order valence-corrected chi connectivity index (χ2v) is 8.86. The molecule has 0 spiro atoms. The zero-order chi connectivity index (χ0) is 15.5. The molecule has 0 heterocycles. The summed E-state index contributed by atoms with van der Waals surface area (Å²) in [5.74, 6) is 2.72. The predicted octanol–water partition coefficient (Wildman–Crippen LogP) is 5.79. The average molecular weight is 294 g/mol. The van der Waals surface area contributed by atoms with Gasteiger partial charge in [-0.25, -0.2) is 0 Å². The normalized spacial score (nSPS) is 35.1. The summed E-state index contributed by atoms with van der Waals surface area (Å²) in [5, 5.41) is 4.08. The minimum Gasteiger partial charge on any atom is -0.311 e. The zero-order valence-corrected chi connectivity index (χ0v) is 15.3. The predicted molar refractivity (Wildman–Crippen MR) is 93.5 cm³/mol. The fourth-order valence-corrected chi connectivity index (χ4v) is 4.80. The molecule has 1 nitrogen and oxygen atoms in total. The fraction of sp³-hybridized carbons (Fsp3) is 1.00. The summed E-state index contributed by atoms with van der Waals surface area (Å²) in [7, 11) is 0. The number of hydrogen-bond acceptors (Lipinski definition) is 1. The van der Waals surface area contributed by atoms with Gasteiger partial charge in [0, 0.05) is 12.1 Å². The van der Waals surface area contributed by atoms with E-state index < -0.39 is 0 Å². The van der Waals surface area contributed by atoms with Crippen LogP contribution in [0.3, 0.4) is 0 Å². The SMILES string of the molecule is CCC(C)(C)C1CCC(NC2CCCCC2C(C)C)CC1. The zero-order valence-electron chi connectivity index (χ0n) is 15.3. The number of nitrogens with one attached hydrogen (secondary N) is 1. The van der Waals surface area contributed by atoms with Crippen LogP contribution in [0.15, 0.2) is 0 Å². The molecule has 2 atom stereocenters. The van der Waals surface area contributed by atoms with Gasteiger partial charge >= 0.3 is 0 Å². The van der Waals surface area contributed by atoms with Gasteiger partial charge in [0.25, 0.3) is 0 Å². The van der Waals surface area contributed by atoms with Crippen LogP contribution in [0.1, 0.15) is 92.4 Å². The molecule has 0 aromatic carbocycles. The highest BCUT2D eigenvalue weighted by atomic mass is 15.0. The lowest BCUT2D eigenvalue weighted by atomic mass is 9.68. The molecule has 124 valence electrons. The summed E-state index contributed by atoms with van der Waals surface area (Å²) >= 11 is 0. The van der Waals surface area contributed by atoms with Gasteiger partial charge < -0.3 is 5.32 Å². The van der Waals surface area contributed by atoms with Crippen molar-refractivity contribution >= 4 is 0 Å². The van der Waals surface area contributed by atoms with E-state index in [0.717, 1.165) is 29.8 Å². The fourth-order valence-electron chi connectivity index (χ4n) is 4.80. The Morgan fingerprint density at radius 3 is 2.14 bits per heavy atom. The first kappa shape index (κ1) is 17.3. The molecule has 1 N–H and O–H groups in total. The Morgan fingerprint density at radius 1 is 0.952 bits per heavy atom. The first-order valence-corrected chi connectivity index (χ1v) is 9.70. The molecule has 1 heteroatoms. The molecule has 2 aliphatic carbocycles. The summed E-state index contributed by atoms with van der Waals surface area (Å²) in [6, 6.07) is 1.61. The molecule has 0 aromatic rings. The lowest BCUT2D eigenvalue weighted by molar-refractivity contribution is 0.119. The van der Waals surface area contributed by atoms with Crippen molar-refractivity contribution in [1.29, 1.82) is 0 Å². The van der Waals surface area contributed by atoms with Crippen molar-refractivity contribution in [2.75, 3.05) is 0 Å². The summed E-state index contributed by atoms with van der Waals surface area (Å²) in [4.78, 5) is 0. The molecule has 0 aliphatic heterocycles. The van der Waals surface area contributed by atoms with E-state index in [1.807, 2.05) is 0 Å². The van der Waals surface area contributed by atoms with Crippen LogP contribution in [0.5, 0.6) is 0 Å². The molecule has 2 aliphatic rings. The van der Waals surface area contributed by atoms with Crippen LogP contribution < -0.4 is 5.32 Å². The molecule has 2 rings (SSSR count). The molecule has 2 fully saturated rings. The highest BCUT2D eigenvalue weighted by molar-refractivity contribution is 4.89. The third kappa shape index (κ3) is 4.47. The van der Waals surface area contributed by atoms with Gasteiger partial charge in [-0.15, -0.1) is 0 Å². The number of hydrogen-bond donors (Lipinski definition) is 1. The van der Waals surface area contributed by atoms with Crippen LogP contribution in [0.2, 0.25) is 0 Å². The van der Waals surface area contributed by atoms with Crippen molar-refractivity contribution in [3.05, 3.63) is 0 Å². The summed E-state index contributed by atoms with van der Waals surface area (Å²) in [6.45, 7) is 12.2. The van der Waals surface area contributed by atoms with Gasteiger partial charge in [0.1, 0.15) is 0 Å². The molecule has 2 unspecified atom stereocenters. The maximum Gasteiger partial charge on any atom is 0.0100 e. The van der Waals surface area contributed by atoms with Crippen LogP contribution in [-0.2, 0) is 0 Å². The monoisotopic (exact) mass is 293 g/mol. The smallest absolute Gasteiger partial charge is 0.0100 e. The van der Waals surface area contributed by atoms with E-state index in [0.29, 0.717) is 5.41 Å². The Labute approximate surface area is 133 Å². The molecule has 0 saturated heterocycles. The maximum absolute atomic E-state index is 4.08. The standard InChI is InChI=1S/C20H39N/c1-6-20(4,5)16-11-13-17(14-12-16)21-19-10-8-7-9-18(19)15(2)3/h15-19,21H,6-14H2,1-5H3. The van der Waals surface area contributed by atoms with Gasteiger partial charge in [-0.05, 0) is 61.7 Å². The highest BCUT2D eigenvalue weighted by Gasteiger charge is 2.34. The molecule has 0 aromatic heterocycles. The first-order valence-electron chi connectivity index (χ1n) is 9.70. The highest BCUT2D eigenvalue weighted by Crippen LogP contribution is 2.41. The molecule has 0 radical (unpaired) electrons. The van der Waals surface area contributed by atoms with Crippen molar-refractivity contribution in [2.45, 2.75) is 104 Å². The third-order valence-electron chi connectivity index (χ3n) is 6.87. The number of rotatable bonds is 5. The van der Waals surface area contributed by atoms with Gasteiger partial charge in [-0.1, -0.05) is 53.9 Å². The van der Waals surface area contributed by atoms with Crippen LogP contribution in [-0.4, -0.2) is 12.1 Å².